The van der Waals surface area contributed by atoms with Gasteiger partial charge in [0.25, 0.3) is 11.8 Å². The van der Waals surface area contributed by atoms with Crippen molar-refractivity contribution in [1.82, 2.24) is 10.6 Å². The summed E-state index contributed by atoms with van der Waals surface area (Å²) in [7, 11) is 0. The van der Waals surface area contributed by atoms with Gasteiger partial charge in [0.1, 0.15) is 0 Å². The Morgan fingerprint density at radius 1 is 0.704 bits per heavy atom. The summed E-state index contributed by atoms with van der Waals surface area (Å²) in [5, 5.41) is 5.59. The number of hydrogen-bond donors (Lipinski definition) is 2. The second-order valence-corrected chi connectivity index (χ2v) is 6.01. The lowest BCUT2D eigenvalue weighted by Crippen LogP contribution is -2.31. The number of carbonyl (C=O) groups excluding carboxylic acids is 2. The van der Waals surface area contributed by atoms with Crippen LogP contribution < -0.4 is 10.6 Å². The first-order valence-electron chi connectivity index (χ1n) is 9.80. The van der Waals surface area contributed by atoms with Crippen molar-refractivity contribution in [3.05, 3.63) is 69.8 Å². The minimum absolute atomic E-state index is 0.0556. The molecule has 0 bridgehead atoms. The van der Waals surface area contributed by atoms with Crippen LogP contribution in [0.15, 0.2) is 36.4 Å². The average molecular weight is 369 g/mol. The number of fused-ring (bicyclic) bond motifs is 2. The maximum atomic E-state index is 11.3. The molecule has 146 valence electrons. The molecule has 0 fully saturated rings. The summed E-state index contributed by atoms with van der Waals surface area (Å²) < 4.78 is 0. The zero-order valence-corrected chi connectivity index (χ0v) is 17.4. The van der Waals surface area contributed by atoms with Gasteiger partial charge in [0, 0.05) is 24.2 Å². The van der Waals surface area contributed by atoms with Gasteiger partial charge in [-0.1, -0.05) is 63.1 Å². The van der Waals surface area contributed by atoms with Crippen LogP contribution in [0.2, 0.25) is 0 Å². The molecule has 4 heteroatoms. The predicted molar refractivity (Wildman–Crippen MR) is 112 cm³/mol. The van der Waals surface area contributed by atoms with E-state index in [2.05, 4.69) is 16.7 Å². The standard InChI is InChI=1S/C10H11NO.C9H9NO.2C2H6/c1-7-2-3-9-8(6-7)4-5-11-10(9)12;1-6-2-3-8-7(4-6)5-10-9(8)11;2*1-2/h2-3,6H,4-5H2,1H3,(H,11,12);2-4H,5H2,1H3,(H,10,11);2*1-2H3. The zero-order chi connectivity index (χ0) is 20.4. The minimum atomic E-state index is 0.0556. The van der Waals surface area contributed by atoms with Gasteiger partial charge in [-0.3, -0.25) is 9.59 Å². The number of amides is 2. The van der Waals surface area contributed by atoms with Crippen LogP contribution in [0.3, 0.4) is 0 Å². The van der Waals surface area contributed by atoms with Gasteiger partial charge in [-0.15, -0.1) is 0 Å². The van der Waals surface area contributed by atoms with Crippen molar-refractivity contribution >= 4 is 11.8 Å². The fourth-order valence-electron chi connectivity index (χ4n) is 2.92. The number of carbonyl (C=O) groups is 2. The van der Waals surface area contributed by atoms with Crippen molar-refractivity contribution in [2.45, 2.75) is 54.5 Å². The number of rotatable bonds is 0. The summed E-state index contributed by atoms with van der Waals surface area (Å²) in [6, 6.07) is 11.9. The Morgan fingerprint density at radius 2 is 1.19 bits per heavy atom. The number of nitrogens with one attached hydrogen (secondary N) is 2. The van der Waals surface area contributed by atoms with E-state index in [1.807, 2.05) is 71.9 Å². The molecule has 4 rings (SSSR count). The third-order valence-electron chi connectivity index (χ3n) is 4.13. The third kappa shape index (κ3) is 5.95. The van der Waals surface area contributed by atoms with Crippen LogP contribution in [0.1, 0.15) is 70.7 Å². The van der Waals surface area contributed by atoms with Crippen molar-refractivity contribution in [1.29, 1.82) is 0 Å². The van der Waals surface area contributed by atoms with E-state index in [-0.39, 0.29) is 11.8 Å². The van der Waals surface area contributed by atoms with Gasteiger partial charge in [-0.25, -0.2) is 0 Å². The molecule has 27 heavy (non-hydrogen) atoms. The SMILES string of the molecule is CC.CC.Cc1ccc2c(c1)CCNC2=O.Cc1ccc2c(c1)CNC2=O. The van der Waals surface area contributed by atoms with Crippen LogP contribution in [0.25, 0.3) is 0 Å². The monoisotopic (exact) mass is 368 g/mol. The molecule has 2 N–H and O–H groups in total. The fraction of sp³-hybridized carbons (Fsp3) is 0.391. The first-order chi connectivity index (χ1) is 13.0. The summed E-state index contributed by atoms with van der Waals surface area (Å²) in [6.07, 6.45) is 0.961. The molecular formula is C23H32N2O2. The molecule has 0 spiro atoms. The maximum Gasteiger partial charge on any atom is 0.251 e. The Kier molecular flexibility index (Phi) is 9.27. The molecule has 0 saturated heterocycles. The third-order valence-corrected chi connectivity index (χ3v) is 4.13. The number of hydrogen-bond acceptors (Lipinski definition) is 2. The Balaban J connectivity index is 0.000000229. The summed E-state index contributed by atoms with van der Waals surface area (Å²) in [5.41, 5.74) is 6.40. The highest BCUT2D eigenvalue weighted by molar-refractivity contribution is 5.98. The van der Waals surface area contributed by atoms with Crippen molar-refractivity contribution in [3.63, 3.8) is 0 Å². The predicted octanol–water partition coefficient (Wildman–Crippen LogP) is 4.57. The van der Waals surface area contributed by atoms with Gasteiger partial charge in [-0.05, 0) is 43.5 Å². The summed E-state index contributed by atoms with van der Waals surface area (Å²) in [6.45, 7) is 13.5. The van der Waals surface area contributed by atoms with E-state index in [0.717, 1.165) is 29.7 Å². The van der Waals surface area contributed by atoms with Gasteiger partial charge in [0.15, 0.2) is 0 Å². The smallest absolute Gasteiger partial charge is 0.251 e. The molecule has 0 aromatic heterocycles. The van der Waals surface area contributed by atoms with Gasteiger partial charge in [0.05, 0.1) is 0 Å². The molecule has 0 saturated carbocycles. The highest BCUT2D eigenvalue weighted by Crippen LogP contribution is 2.16. The van der Waals surface area contributed by atoms with E-state index in [1.54, 1.807) is 0 Å². The first kappa shape index (κ1) is 22.4. The Bertz CT molecular complexity index is 782. The molecule has 4 nitrogen and oxygen atoms in total. The van der Waals surface area contributed by atoms with Crippen molar-refractivity contribution in [2.24, 2.45) is 0 Å². The Hall–Kier alpha value is -2.62. The van der Waals surface area contributed by atoms with Crippen LogP contribution in [0.4, 0.5) is 0 Å². The highest BCUT2D eigenvalue weighted by Gasteiger charge is 2.17. The normalized spacial score (nSPS) is 13.1. The van der Waals surface area contributed by atoms with Crippen molar-refractivity contribution in [3.8, 4) is 0 Å². The summed E-state index contributed by atoms with van der Waals surface area (Å²) >= 11 is 0. The molecule has 0 aliphatic carbocycles. The lowest BCUT2D eigenvalue weighted by Gasteiger charge is -2.16. The number of benzene rings is 2. The summed E-state index contributed by atoms with van der Waals surface area (Å²) in [5.74, 6) is 0.122. The molecule has 2 aliphatic rings. The lowest BCUT2D eigenvalue weighted by molar-refractivity contribution is 0.0943. The molecule has 2 aliphatic heterocycles. The average Bonchev–Trinajstić information content (AvgIpc) is 3.05. The van der Waals surface area contributed by atoms with E-state index >= 15 is 0 Å². The second-order valence-electron chi connectivity index (χ2n) is 6.01. The largest absolute Gasteiger partial charge is 0.352 e. The van der Waals surface area contributed by atoms with E-state index in [4.69, 9.17) is 0 Å². The van der Waals surface area contributed by atoms with E-state index in [9.17, 15) is 9.59 Å². The lowest BCUT2D eigenvalue weighted by atomic mass is 9.98. The van der Waals surface area contributed by atoms with Crippen LogP contribution in [-0.4, -0.2) is 18.4 Å². The maximum absolute atomic E-state index is 11.3. The van der Waals surface area contributed by atoms with Gasteiger partial charge >= 0.3 is 0 Å². The Morgan fingerprint density at radius 3 is 1.78 bits per heavy atom. The molecule has 0 unspecified atom stereocenters. The van der Waals surface area contributed by atoms with Crippen LogP contribution in [0.5, 0.6) is 0 Å². The molecular weight excluding hydrogens is 336 g/mol. The topological polar surface area (TPSA) is 58.2 Å². The van der Waals surface area contributed by atoms with Crippen LogP contribution in [0, 0.1) is 13.8 Å². The molecule has 2 amide bonds. The highest BCUT2D eigenvalue weighted by atomic mass is 16.2. The summed E-state index contributed by atoms with van der Waals surface area (Å²) in [4.78, 5) is 22.4. The quantitative estimate of drug-likeness (QED) is 0.715. The molecule has 0 radical (unpaired) electrons. The number of aryl methyl sites for hydroxylation is 2. The fourth-order valence-corrected chi connectivity index (χ4v) is 2.92. The van der Waals surface area contributed by atoms with Gasteiger partial charge in [-0.2, -0.15) is 0 Å². The van der Waals surface area contributed by atoms with Crippen LogP contribution in [-0.2, 0) is 13.0 Å². The van der Waals surface area contributed by atoms with Crippen molar-refractivity contribution in [2.75, 3.05) is 6.54 Å². The molecule has 2 aromatic carbocycles. The second kappa shape index (κ2) is 11.2. The molecule has 2 aromatic rings. The van der Waals surface area contributed by atoms with Crippen LogP contribution >= 0.6 is 0 Å². The van der Waals surface area contributed by atoms with Gasteiger partial charge < -0.3 is 10.6 Å². The van der Waals surface area contributed by atoms with Gasteiger partial charge in [0.2, 0.25) is 0 Å². The first-order valence-corrected chi connectivity index (χ1v) is 9.80. The molecule has 0 atom stereocenters. The zero-order valence-electron chi connectivity index (χ0n) is 17.4. The van der Waals surface area contributed by atoms with E-state index < -0.39 is 0 Å². The minimum Gasteiger partial charge on any atom is -0.352 e. The van der Waals surface area contributed by atoms with Crippen molar-refractivity contribution < 1.29 is 9.59 Å². The van der Waals surface area contributed by atoms with E-state index in [1.165, 1.54) is 16.7 Å². The molecule has 2 heterocycles. The van der Waals surface area contributed by atoms with E-state index in [0.29, 0.717) is 6.54 Å². The Labute approximate surface area is 163 Å².